The Morgan fingerprint density at radius 3 is 2.78 bits per heavy atom. The molecule has 1 saturated heterocycles. The Hall–Kier alpha value is -2.80. The summed E-state index contributed by atoms with van der Waals surface area (Å²) in [4.78, 5) is 53.5. The van der Waals surface area contributed by atoms with E-state index >= 15 is 0 Å². The number of esters is 1. The lowest BCUT2D eigenvalue weighted by Gasteiger charge is -2.20. The molecule has 0 aromatic carbocycles. The van der Waals surface area contributed by atoms with Crippen LogP contribution in [0, 0.1) is 24.2 Å². The van der Waals surface area contributed by atoms with Gasteiger partial charge in [-0.15, -0.1) is 11.3 Å². The summed E-state index contributed by atoms with van der Waals surface area (Å²) < 4.78 is 4.88. The molecule has 10 heteroatoms. The molecule has 1 saturated carbocycles. The van der Waals surface area contributed by atoms with Crippen molar-refractivity contribution in [2.24, 2.45) is 5.92 Å². The average molecular weight is 390 g/mol. The molecule has 1 N–H and O–H groups in total. The van der Waals surface area contributed by atoms with Crippen LogP contribution >= 0.6 is 11.3 Å². The highest BCUT2D eigenvalue weighted by Crippen LogP contribution is 2.42. The van der Waals surface area contributed by atoms with Gasteiger partial charge in [-0.05, 0) is 32.6 Å². The molecule has 1 aromatic rings. The van der Waals surface area contributed by atoms with Crippen LogP contribution < -0.4 is 5.32 Å². The number of carbonyl (C=O) groups excluding carboxylic acids is 4. The average Bonchev–Trinajstić information content (AvgIpc) is 3.36. The van der Waals surface area contributed by atoms with Gasteiger partial charge in [-0.25, -0.2) is 9.78 Å². The fourth-order valence-electron chi connectivity index (χ4n) is 2.98. The van der Waals surface area contributed by atoms with E-state index in [1.165, 1.54) is 11.3 Å². The number of imide groups is 1. The third-order valence-corrected chi connectivity index (χ3v) is 5.72. The van der Waals surface area contributed by atoms with E-state index in [-0.39, 0.29) is 5.92 Å². The molecule has 0 spiro atoms. The van der Waals surface area contributed by atoms with Gasteiger partial charge in [-0.2, -0.15) is 5.26 Å². The number of urea groups is 1. The first-order valence-electron chi connectivity index (χ1n) is 8.40. The summed E-state index contributed by atoms with van der Waals surface area (Å²) in [5.41, 5.74) is -0.292. The first-order valence-corrected chi connectivity index (χ1v) is 9.28. The summed E-state index contributed by atoms with van der Waals surface area (Å²) in [5, 5.41) is 13.9. The zero-order chi connectivity index (χ0) is 19.8. The Labute approximate surface area is 159 Å². The zero-order valence-electron chi connectivity index (χ0n) is 14.9. The van der Waals surface area contributed by atoms with Crippen LogP contribution in [0.4, 0.5) is 4.79 Å². The van der Waals surface area contributed by atoms with Crippen molar-refractivity contribution in [2.75, 3.05) is 13.2 Å². The number of ketones is 1. The number of rotatable bonds is 7. The molecular weight excluding hydrogens is 372 g/mol. The lowest BCUT2D eigenvalue weighted by atomic mass is 9.96. The van der Waals surface area contributed by atoms with Crippen molar-refractivity contribution in [1.82, 2.24) is 15.2 Å². The predicted molar refractivity (Wildman–Crippen MR) is 92.5 cm³/mol. The number of carbonyl (C=O) groups is 4. The normalized spacial score (nSPS) is 22.9. The molecule has 2 heterocycles. The number of amides is 3. The first-order chi connectivity index (χ1) is 12.8. The zero-order valence-corrected chi connectivity index (χ0v) is 15.7. The van der Waals surface area contributed by atoms with Crippen LogP contribution in [0.25, 0.3) is 0 Å². The summed E-state index contributed by atoms with van der Waals surface area (Å²) in [7, 11) is 0. The highest BCUT2D eigenvalue weighted by molar-refractivity contribution is 7.09. The molecular formula is C17H18N4O5S. The molecule has 0 unspecified atom stereocenters. The van der Waals surface area contributed by atoms with Crippen molar-refractivity contribution in [3.63, 3.8) is 0 Å². The SMILES string of the molecule is Cc1csc([C@H](C#N)C(=O)COC(=O)CN2C(=O)N[C@](C)(C3CC3)C2=O)n1. The number of aromatic nitrogens is 1. The van der Waals surface area contributed by atoms with Gasteiger partial charge in [0.1, 0.15) is 17.1 Å². The molecule has 1 aliphatic heterocycles. The highest BCUT2D eigenvalue weighted by atomic mass is 32.1. The number of Topliss-reactive ketones (excluding diaryl/α,β-unsaturated/α-hetero) is 1. The van der Waals surface area contributed by atoms with Crippen LogP contribution in [-0.4, -0.2) is 52.3 Å². The number of nitriles is 1. The molecule has 1 aliphatic carbocycles. The van der Waals surface area contributed by atoms with Crippen LogP contribution in [0.3, 0.4) is 0 Å². The van der Waals surface area contributed by atoms with Crippen molar-refractivity contribution >= 4 is 35.0 Å². The molecule has 2 aliphatic rings. The van der Waals surface area contributed by atoms with Crippen LogP contribution in [0.15, 0.2) is 5.38 Å². The molecule has 3 rings (SSSR count). The van der Waals surface area contributed by atoms with E-state index in [2.05, 4.69) is 10.3 Å². The summed E-state index contributed by atoms with van der Waals surface area (Å²) in [6.07, 6.45) is 1.70. The van der Waals surface area contributed by atoms with Gasteiger partial charge in [-0.1, -0.05) is 0 Å². The minimum Gasteiger partial charge on any atom is -0.456 e. The molecule has 142 valence electrons. The summed E-state index contributed by atoms with van der Waals surface area (Å²) >= 11 is 1.18. The van der Waals surface area contributed by atoms with Gasteiger partial charge in [0.25, 0.3) is 5.91 Å². The number of ether oxygens (including phenoxy) is 1. The Kier molecular flexibility index (Phi) is 4.97. The molecule has 3 amide bonds. The van der Waals surface area contributed by atoms with E-state index in [1.807, 2.05) is 6.07 Å². The van der Waals surface area contributed by atoms with Crippen molar-refractivity contribution in [1.29, 1.82) is 5.26 Å². The molecule has 9 nitrogen and oxygen atoms in total. The quantitative estimate of drug-likeness (QED) is 0.540. The maximum Gasteiger partial charge on any atom is 0.326 e. The Balaban J connectivity index is 1.55. The van der Waals surface area contributed by atoms with Gasteiger partial charge in [-0.3, -0.25) is 19.3 Å². The lowest BCUT2D eigenvalue weighted by Crippen LogP contribution is -2.46. The summed E-state index contributed by atoms with van der Waals surface area (Å²) in [6.45, 7) is 2.19. The standard InChI is InChI=1S/C17H18N4O5S/c1-9-8-27-14(19-9)11(5-18)12(22)7-26-13(23)6-21-15(24)17(2,10-3-4-10)20-16(21)25/h8,10-11H,3-4,6-7H2,1-2H3,(H,20,25)/t11-,17-/m1/s1. The largest absolute Gasteiger partial charge is 0.456 e. The molecule has 0 radical (unpaired) electrons. The topological polar surface area (TPSA) is 129 Å². The van der Waals surface area contributed by atoms with E-state index < -0.39 is 48.3 Å². The fourth-order valence-corrected chi connectivity index (χ4v) is 3.84. The molecule has 27 heavy (non-hydrogen) atoms. The lowest BCUT2D eigenvalue weighted by molar-refractivity contribution is -0.150. The van der Waals surface area contributed by atoms with Gasteiger partial charge in [0.2, 0.25) is 0 Å². The highest BCUT2D eigenvalue weighted by Gasteiger charge is 2.56. The van der Waals surface area contributed by atoms with Crippen molar-refractivity contribution < 1.29 is 23.9 Å². The van der Waals surface area contributed by atoms with E-state index in [4.69, 9.17) is 4.74 Å². The molecule has 1 aromatic heterocycles. The maximum atomic E-state index is 12.5. The second-order valence-corrected chi connectivity index (χ2v) is 7.70. The number of thiazole rings is 1. The van der Waals surface area contributed by atoms with E-state index in [9.17, 15) is 24.4 Å². The van der Waals surface area contributed by atoms with E-state index in [1.54, 1.807) is 19.2 Å². The van der Waals surface area contributed by atoms with Crippen molar-refractivity contribution in [2.45, 2.75) is 38.1 Å². The van der Waals surface area contributed by atoms with E-state index in [0.29, 0.717) is 10.7 Å². The Morgan fingerprint density at radius 2 is 2.22 bits per heavy atom. The molecule has 2 fully saturated rings. The fraction of sp³-hybridized carbons (Fsp3) is 0.529. The molecule has 2 atom stereocenters. The van der Waals surface area contributed by atoms with Gasteiger partial charge in [0.15, 0.2) is 18.3 Å². The van der Waals surface area contributed by atoms with Gasteiger partial charge in [0, 0.05) is 11.1 Å². The van der Waals surface area contributed by atoms with Crippen LogP contribution in [0.2, 0.25) is 0 Å². The minimum absolute atomic E-state index is 0.0784. The van der Waals surface area contributed by atoms with Gasteiger partial charge in [0.05, 0.1) is 6.07 Å². The molecule has 0 bridgehead atoms. The number of aryl methyl sites for hydroxylation is 1. The van der Waals surface area contributed by atoms with Crippen molar-refractivity contribution in [3.8, 4) is 6.07 Å². The second-order valence-electron chi connectivity index (χ2n) is 6.81. The first kappa shape index (κ1) is 19.0. The summed E-state index contributed by atoms with van der Waals surface area (Å²) in [6, 6.07) is 1.20. The third-order valence-electron chi connectivity index (χ3n) is 4.69. The van der Waals surface area contributed by atoms with Crippen LogP contribution in [0.1, 0.15) is 36.4 Å². The Morgan fingerprint density at radius 1 is 1.52 bits per heavy atom. The van der Waals surface area contributed by atoms with E-state index in [0.717, 1.165) is 17.7 Å². The van der Waals surface area contributed by atoms with Crippen LogP contribution in [0.5, 0.6) is 0 Å². The predicted octanol–water partition coefficient (Wildman–Crippen LogP) is 0.891. The summed E-state index contributed by atoms with van der Waals surface area (Å²) in [5.74, 6) is -3.01. The monoisotopic (exact) mass is 390 g/mol. The third kappa shape index (κ3) is 3.68. The second kappa shape index (κ2) is 7.08. The number of hydrogen-bond acceptors (Lipinski definition) is 8. The Bertz CT molecular complexity index is 856. The minimum atomic E-state index is -1.12. The number of nitrogens with zero attached hydrogens (tertiary/aromatic N) is 3. The maximum absolute atomic E-state index is 12.5. The van der Waals surface area contributed by atoms with Gasteiger partial charge < -0.3 is 10.1 Å². The van der Waals surface area contributed by atoms with Crippen LogP contribution in [-0.2, 0) is 19.1 Å². The number of nitrogens with one attached hydrogen (secondary N) is 1. The smallest absolute Gasteiger partial charge is 0.326 e. The van der Waals surface area contributed by atoms with Gasteiger partial charge >= 0.3 is 12.0 Å². The van der Waals surface area contributed by atoms with Crippen molar-refractivity contribution in [3.05, 3.63) is 16.1 Å². The number of hydrogen-bond donors (Lipinski definition) is 1.